The number of benzene rings is 7. The van der Waals surface area contributed by atoms with Gasteiger partial charge in [0.15, 0.2) is 0 Å². The molecule has 2 nitrogen and oxygen atoms in total. The van der Waals surface area contributed by atoms with E-state index in [1.807, 2.05) is 6.07 Å². The fourth-order valence-corrected chi connectivity index (χ4v) is 10.8. The number of furan rings is 1. The Hall–Kier alpha value is -6.90. The van der Waals surface area contributed by atoms with Crippen LogP contribution >= 0.6 is 0 Å². The van der Waals surface area contributed by atoms with Gasteiger partial charge in [0.05, 0.1) is 11.3 Å². The third-order valence-corrected chi connectivity index (χ3v) is 12.9. The molecular formula is C53H32O2. The monoisotopic (exact) mass is 700 g/mol. The summed E-state index contributed by atoms with van der Waals surface area (Å²) in [6, 6.07) is 55.7. The van der Waals surface area contributed by atoms with Crippen molar-refractivity contribution in [1.82, 2.24) is 0 Å². The van der Waals surface area contributed by atoms with E-state index in [0.29, 0.717) is 0 Å². The van der Waals surface area contributed by atoms with Crippen molar-refractivity contribution in [3.8, 4) is 39.1 Å². The molecule has 2 heteroatoms. The molecule has 1 spiro atoms. The first kappa shape index (κ1) is 29.5. The van der Waals surface area contributed by atoms with Crippen molar-refractivity contribution in [3.63, 3.8) is 0 Å². The molecule has 0 fully saturated rings. The SMILES string of the molecule is C1=CC2C(c3cccc4oc5ccccc5c34)=CC=C3Oc4ccc(-c5cccc6c5-c5ccccc5C65c6ccccc6-c6ccccc65)cc4C(=C1)C32. The first-order chi connectivity index (χ1) is 27.3. The van der Waals surface area contributed by atoms with E-state index in [2.05, 4.69) is 176 Å². The van der Waals surface area contributed by atoms with Gasteiger partial charge in [0.25, 0.3) is 0 Å². The molecule has 0 radical (unpaired) electrons. The molecule has 55 heavy (non-hydrogen) atoms. The second-order valence-corrected chi connectivity index (χ2v) is 15.4. The number of fused-ring (bicyclic) bond motifs is 15. The maximum atomic E-state index is 6.82. The van der Waals surface area contributed by atoms with Crippen LogP contribution in [-0.2, 0) is 5.41 Å². The number of hydrogen-bond donors (Lipinski definition) is 0. The molecule has 2 atom stereocenters. The van der Waals surface area contributed by atoms with E-state index in [0.717, 1.165) is 33.6 Å². The van der Waals surface area contributed by atoms with E-state index in [-0.39, 0.29) is 17.3 Å². The summed E-state index contributed by atoms with van der Waals surface area (Å²) < 4.78 is 13.1. The molecular weight excluding hydrogens is 669 g/mol. The molecule has 1 aromatic heterocycles. The fourth-order valence-electron chi connectivity index (χ4n) is 10.8. The van der Waals surface area contributed by atoms with Crippen molar-refractivity contribution >= 4 is 33.1 Å². The Labute approximate surface area is 318 Å². The molecule has 0 bridgehead atoms. The van der Waals surface area contributed by atoms with Crippen LogP contribution in [0.15, 0.2) is 192 Å². The van der Waals surface area contributed by atoms with Crippen LogP contribution in [0.3, 0.4) is 0 Å². The Kier molecular flexibility index (Phi) is 5.70. The average molecular weight is 701 g/mol. The summed E-state index contributed by atoms with van der Waals surface area (Å²) in [6.45, 7) is 0. The summed E-state index contributed by atoms with van der Waals surface area (Å²) >= 11 is 0. The molecule has 13 rings (SSSR count). The average Bonchev–Trinajstić information content (AvgIpc) is 3.88. The van der Waals surface area contributed by atoms with E-state index in [4.69, 9.17) is 9.15 Å². The predicted molar refractivity (Wildman–Crippen MR) is 223 cm³/mol. The predicted octanol–water partition coefficient (Wildman–Crippen LogP) is 13.2. The largest absolute Gasteiger partial charge is 0.460 e. The molecule has 8 aromatic rings. The lowest BCUT2D eigenvalue weighted by atomic mass is 9.69. The van der Waals surface area contributed by atoms with Gasteiger partial charge in [-0.1, -0.05) is 152 Å². The highest BCUT2D eigenvalue weighted by Crippen LogP contribution is 2.64. The van der Waals surface area contributed by atoms with Gasteiger partial charge in [0.2, 0.25) is 0 Å². The van der Waals surface area contributed by atoms with Crippen molar-refractivity contribution in [2.45, 2.75) is 5.41 Å². The second kappa shape index (κ2) is 10.6. The van der Waals surface area contributed by atoms with Gasteiger partial charge in [-0.25, -0.2) is 0 Å². The van der Waals surface area contributed by atoms with Crippen LogP contribution in [0.1, 0.15) is 33.4 Å². The molecule has 2 heterocycles. The number of ether oxygens (including phenoxy) is 1. The van der Waals surface area contributed by atoms with Gasteiger partial charge in [-0.15, -0.1) is 0 Å². The van der Waals surface area contributed by atoms with Gasteiger partial charge in [0, 0.05) is 22.3 Å². The molecule has 0 N–H and O–H groups in total. The quantitative estimate of drug-likeness (QED) is 0.179. The van der Waals surface area contributed by atoms with Crippen LogP contribution < -0.4 is 4.74 Å². The van der Waals surface area contributed by atoms with Gasteiger partial charge in [0.1, 0.15) is 22.7 Å². The lowest BCUT2D eigenvalue weighted by Crippen LogP contribution is -2.28. The fraction of sp³-hybridized carbons (Fsp3) is 0.0566. The summed E-state index contributed by atoms with van der Waals surface area (Å²) in [5, 5.41) is 2.33. The highest BCUT2D eigenvalue weighted by Gasteiger charge is 2.52. The van der Waals surface area contributed by atoms with E-state index in [1.165, 1.54) is 77.7 Å². The van der Waals surface area contributed by atoms with Gasteiger partial charge < -0.3 is 9.15 Å². The van der Waals surface area contributed by atoms with Crippen molar-refractivity contribution in [3.05, 3.63) is 221 Å². The zero-order valence-corrected chi connectivity index (χ0v) is 29.8. The highest BCUT2D eigenvalue weighted by molar-refractivity contribution is 6.11. The summed E-state index contributed by atoms with van der Waals surface area (Å²) in [4.78, 5) is 0. The number of allylic oxidation sites excluding steroid dienone is 7. The molecule has 2 unspecified atom stereocenters. The Morgan fingerprint density at radius 3 is 1.96 bits per heavy atom. The molecule has 5 aliphatic rings. The third-order valence-electron chi connectivity index (χ3n) is 12.9. The van der Waals surface area contributed by atoms with Crippen LogP contribution in [0.25, 0.3) is 66.5 Å². The van der Waals surface area contributed by atoms with Gasteiger partial charge >= 0.3 is 0 Å². The second-order valence-electron chi connectivity index (χ2n) is 15.4. The van der Waals surface area contributed by atoms with Crippen molar-refractivity contribution in [2.24, 2.45) is 11.8 Å². The standard InChI is InChI=1S/C53H32O2/c1-5-20-42-34(12-1)35-13-2-6-21-43(35)53(42)44-22-7-3-14-39(44)50-32(16-10-23-45(50)53)31-26-28-47-41(30-31)38-18-9-17-36-33(27-29-49(55-47)51(36)38)37-19-11-25-48-52(37)40-15-4-8-24-46(40)54-48/h1-30,36,51H. The molecule has 7 aromatic carbocycles. The van der Waals surface area contributed by atoms with E-state index >= 15 is 0 Å². The van der Waals surface area contributed by atoms with E-state index < -0.39 is 0 Å². The molecule has 0 saturated heterocycles. The number of hydrogen-bond acceptors (Lipinski definition) is 2. The van der Waals surface area contributed by atoms with Crippen LogP contribution in [0.2, 0.25) is 0 Å². The lowest BCUT2D eigenvalue weighted by molar-refractivity contribution is 0.344. The van der Waals surface area contributed by atoms with E-state index in [1.54, 1.807) is 0 Å². The smallest absolute Gasteiger partial charge is 0.136 e. The molecule has 4 aliphatic carbocycles. The van der Waals surface area contributed by atoms with Gasteiger partial charge in [-0.2, -0.15) is 0 Å². The first-order valence-corrected chi connectivity index (χ1v) is 19.3. The Balaban J connectivity index is 0.969. The topological polar surface area (TPSA) is 22.4 Å². The van der Waals surface area contributed by atoms with Crippen molar-refractivity contribution < 1.29 is 9.15 Å². The minimum absolute atomic E-state index is 0.0816. The molecule has 256 valence electrons. The maximum absolute atomic E-state index is 6.82. The van der Waals surface area contributed by atoms with Crippen LogP contribution in [0.4, 0.5) is 0 Å². The number of para-hydroxylation sites is 1. The summed E-state index contributed by atoms with van der Waals surface area (Å²) in [5.74, 6) is 2.13. The lowest BCUT2D eigenvalue weighted by Gasteiger charge is -2.39. The minimum atomic E-state index is -0.371. The van der Waals surface area contributed by atoms with Crippen LogP contribution in [0.5, 0.6) is 5.75 Å². The van der Waals surface area contributed by atoms with Crippen LogP contribution in [0, 0.1) is 11.8 Å². The van der Waals surface area contributed by atoms with Crippen molar-refractivity contribution in [1.29, 1.82) is 0 Å². The molecule has 1 aliphatic heterocycles. The van der Waals surface area contributed by atoms with Crippen LogP contribution in [-0.4, -0.2) is 0 Å². The summed E-state index contributed by atoms with van der Waals surface area (Å²) in [6.07, 6.45) is 11.4. The third kappa shape index (κ3) is 3.69. The van der Waals surface area contributed by atoms with Gasteiger partial charge in [-0.05, 0) is 103 Å². The minimum Gasteiger partial charge on any atom is -0.460 e. The molecule has 0 amide bonds. The van der Waals surface area contributed by atoms with Gasteiger partial charge in [-0.3, -0.25) is 0 Å². The number of rotatable bonds is 2. The Morgan fingerprint density at radius 2 is 1.13 bits per heavy atom. The maximum Gasteiger partial charge on any atom is 0.136 e. The van der Waals surface area contributed by atoms with Crippen molar-refractivity contribution in [2.75, 3.05) is 0 Å². The normalized spacial score (nSPS) is 18.7. The zero-order valence-electron chi connectivity index (χ0n) is 29.8. The summed E-state index contributed by atoms with van der Waals surface area (Å²) in [5.41, 5.74) is 19.6. The summed E-state index contributed by atoms with van der Waals surface area (Å²) in [7, 11) is 0. The zero-order chi connectivity index (χ0) is 35.8. The first-order valence-electron chi connectivity index (χ1n) is 19.3. The van der Waals surface area contributed by atoms with E-state index in [9.17, 15) is 0 Å². The molecule has 0 saturated carbocycles. The Morgan fingerprint density at radius 1 is 0.473 bits per heavy atom. The Bertz CT molecular complexity index is 3100. The highest BCUT2D eigenvalue weighted by atomic mass is 16.5.